The maximum atomic E-state index is 13.9. The first kappa shape index (κ1) is 26.4. The Morgan fingerprint density at radius 3 is 2.31 bits per heavy atom. The standard InChI is InChI=1S/C33H33NO5/c1-6-7-18-38-32(37)22-11-15-24(16-12-22)34-28(21-9-13-23(14-10-21)33(3,4)5)27-29(35)25-19-20(2)8-17-26(25)39-30(27)31(34)36/h8-17,19,28H,6-7,18H2,1-5H3. The molecule has 39 heavy (non-hydrogen) atoms. The molecule has 0 saturated carbocycles. The average molecular weight is 524 g/mol. The summed E-state index contributed by atoms with van der Waals surface area (Å²) in [5.74, 6) is -0.754. The van der Waals surface area contributed by atoms with Crippen molar-refractivity contribution in [1.29, 1.82) is 0 Å². The van der Waals surface area contributed by atoms with Crippen LogP contribution in [-0.2, 0) is 10.2 Å². The highest BCUT2D eigenvalue weighted by atomic mass is 16.5. The van der Waals surface area contributed by atoms with Crippen molar-refractivity contribution in [3.63, 3.8) is 0 Å². The summed E-state index contributed by atoms with van der Waals surface area (Å²) in [4.78, 5) is 41.8. The van der Waals surface area contributed by atoms with Gasteiger partial charge in [-0.15, -0.1) is 0 Å². The Bertz CT molecular complexity index is 1610. The van der Waals surface area contributed by atoms with Gasteiger partial charge in [-0.25, -0.2) is 4.79 Å². The van der Waals surface area contributed by atoms with Gasteiger partial charge in [-0.05, 0) is 66.3 Å². The number of unbranched alkanes of at least 4 members (excludes halogenated alkanes) is 1. The van der Waals surface area contributed by atoms with Crippen molar-refractivity contribution >= 4 is 28.5 Å². The molecule has 6 heteroatoms. The van der Waals surface area contributed by atoms with Crippen molar-refractivity contribution in [1.82, 2.24) is 0 Å². The van der Waals surface area contributed by atoms with Crippen LogP contribution < -0.4 is 10.3 Å². The highest BCUT2D eigenvalue weighted by molar-refractivity contribution is 6.10. The molecule has 1 atom stereocenters. The number of esters is 1. The predicted molar refractivity (Wildman–Crippen MR) is 153 cm³/mol. The van der Waals surface area contributed by atoms with Gasteiger partial charge in [0.15, 0.2) is 5.43 Å². The summed E-state index contributed by atoms with van der Waals surface area (Å²) < 4.78 is 11.4. The van der Waals surface area contributed by atoms with E-state index >= 15 is 0 Å². The van der Waals surface area contributed by atoms with Gasteiger partial charge in [0, 0.05) is 5.69 Å². The number of fused-ring (bicyclic) bond motifs is 2. The van der Waals surface area contributed by atoms with Crippen LogP contribution in [0.4, 0.5) is 5.69 Å². The lowest BCUT2D eigenvalue weighted by Crippen LogP contribution is -2.29. The molecule has 1 unspecified atom stereocenters. The van der Waals surface area contributed by atoms with E-state index < -0.39 is 17.9 Å². The number of nitrogens with zero attached hydrogens (tertiary/aromatic N) is 1. The molecule has 1 amide bonds. The van der Waals surface area contributed by atoms with Crippen molar-refractivity contribution in [2.24, 2.45) is 0 Å². The van der Waals surface area contributed by atoms with Crippen LogP contribution in [0.25, 0.3) is 11.0 Å². The zero-order chi connectivity index (χ0) is 27.9. The Morgan fingerprint density at radius 2 is 1.67 bits per heavy atom. The van der Waals surface area contributed by atoms with Crippen molar-refractivity contribution in [3.8, 4) is 0 Å². The van der Waals surface area contributed by atoms with Crippen molar-refractivity contribution in [2.75, 3.05) is 11.5 Å². The van der Waals surface area contributed by atoms with E-state index in [2.05, 4.69) is 20.8 Å². The zero-order valence-corrected chi connectivity index (χ0v) is 23.0. The first-order valence-corrected chi connectivity index (χ1v) is 13.4. The zero-order valence-electron chi connectivity index (χ0n) is 23.0. The molecular weight excluding hydrogens is 490 g/mol. The van der Waals surface area contributed by atoms with E-state index in [1.807, 2.05) is 44.2 Å². The number of amides is 1. The molecule has 0 radical (unpaired) electrons. The number of aryl methyl sites for hydroxylation is 1. The number of benzene rings is 3. The SMILES string of the molecule is CCCCOC(=O)c1ccc(N2C(=O)c3oc4ccc(C)cc4c(=O)c3C2c2ccc(C(C)(C)C)cc2)cc1. The Hall–Kier alpha value is -4.19. The third-order valence-electron chi connectivity index (χ3n) is 7.23. The molecule has 0 saturated heterocycles. The molecule has 0 N–H and O–H groups in total. The second-order valence-corrected chi connectivity index (χ2v) is 11.2. The molecule has 1 aliphatic heterocycles. The summed E-state index contributed by atoms with van der Waals surface area (Å²) >= 11 is 0. The normalized spacial score (nSPS) is 15.1. The van der Waals surface area contributed by atoms with Crippen molar-refractivity contribution in [2.45, 2.75) is 58.9 Å². The van der Waals surface area contributed by atoms with Gasteiger partial charge < -0.3 is 9.15 Å². The topological polar surface area (TPSA) is 76.8 Å². The molecule has 1 aromatic heterocycles. The fraction of sp³-hybridized carbons (Fsp3) is 0.303. The molecular formula is C33H33NO5. The maximum absolute atomic E-state index is 13.9. The largest absolute Gasteiger partial charge is 0.462 e. The number of rotatable bonds is 6. The number of ether oxygens (including phenoxy) is 1. The van der Waals surface area contributed by atoms with E-state index in [0.29, 0.717) is 34.4 Å². The third kappa shape index (κ3) is 4.87. The summed E-state index contributed by atoms with van der Waals surface area (Å²) in [6.07, 6.45) is 1.73. The molecule has 200 valence electrons. The van der Waals surface area contributed by atoms with Crippen LogP contribution in [0, 0.1) is 6.92 Å². The highest BCUT2D eigenvalue weighted by Gasteiger charge is 2.43. The Kier molecular flexibility index (Phi) is 6.89. The van der Waals surface area contributed by atoms with Crippen LogP contribution in [0.2, 0.25) is 0 Å². The Labute approximate surface area is 228 Å². The number of hydrogen-bond acceptors (Lipinski definition) is 5. The lowest BCUT2D eigenvalue weighted by molar-refractivity contribution is 0.0499. The average Bonchev–Trinajstić information content (AvgIpc) is 3.21. The molecule has 1 aliphatic rings. The van der Waals surface area contributed by atoms with Gasteiger partial charge in [0.25, 0.3) is 5.91 Å². The molecule has 3 aromatic carbocycles. The Balaban J connectivity index is 1.62. The molecule has 4 aromatic rings. The summed E-state index contributed by atoms with van der Waals surface area (Å²) in [6, 6.07) is 19.5. The lowest BCUT2D eigenvalue weighted by Gasteiger charge is -2.26. The fourth-order valence-electron chi connectivity index (χ4n) is 4.98. The second kappa shape index (κ2) is 10.2. The van der Waals surface area contributed by atoms with Gasteiger partial charge in [-0.3, -0.25) is 14.5 Å². The van der Waals surface area contributed by atoms with Gasteiger partial charge in [-0.2, -0.15) is 0 Å². The van der Waals surface area contributed by atoms with Crippen LogP contribution in [0.15, 0.2) is 75.9 Å². The molecule has 2 heterocycles. The number of anilines is 1. The van der Waals surface area contributed by atoms with Crippen LogP contribution in [0.1, 0.15) is 89.7 Å². The molecule has 0 fully saturated rings. The van der Waals surface area contributed by atoms with Crippen molar-refractivity contribution < 1.29 is 18.7 Å². The van der Waals surface area contributed by atoms with Gasteiger partial charge in [0.05, 0.1) is 29.2 Å². The van der Waals surface area contributed by atoms with E-state index in [1.54, 1.807) is 41.3 Å². The minimum absolute atomic E-state index is 0.0457. The van der Waals surface area contributed by atoms with Crippen LogP contribution >= 0.6 is 0 Å². The van der Waals surface area contributed by atoms with E-state index in [9.17, 15) is 14.4 Å². The predicted octanol–water partition coefficient (Wildman–Crippen LogP) is 7.11. The summed E-state index contributed by atoms with van der Waals surface area (Å²) in [6.45, 7) is 10.7. The smallest absolute Gasteiger partial charge is 0.338 e. The van der Waals surface area contributed by atoms with Crippen molar-refractivity contribution in [3.05, 3.63) is 111 Å². The summed E-state index contributed by atoms with van der Waals surface area (Å²) in [5.41, 5.74) is 4.29. The first-order chi connectivity index (χ1) is 18.6. The molecule has 0 aliphatic carbocycles. The maximum Gasteiger partial charge on any atom is 0.338 e. The third-order valence-corrected chi connectivity index (χ3v) is 7.23. The molecule has 0 bridgehead atoms. The van der Waals surface area contributed by atoms with Gasteiger partial charge in [-0.1, -0.05) is 70.0 Å². The second-order valence-electron chi connectivity index (χ2n) is 11.2. The minimum atomic E-state index is -0.676. The highest BCUT2D eigenvalue weighted by Crippen LogP contribution is 2.41. The fourth-order valence-corrected chi connectivity index (χ4v) is 4.98. The minimum Gasteiger partial charge on any atom is -0.462 e. The molecule has 0 spiro atoms. The van der Waals surface area contributed by atoms with Gasteiger partial charge >= 0.3 is 5.97 Å². The first-order valence-electron chi connectivity index (χ1n) is 13.4. The van der Waals surface area contributed by atoms with Gasteiger partial charge in [0.1, 0.15) is 5.58 Å². The van der Waals surface area contributed by atoms with E-state index in [4.69, 9.17) is 9.15 Å². The van der Waals surface area contributed by atoms with E-state index in [-0.39, 0.29) is 16.6 Å². The van der Waals surface area contributed by atoms with Crippen LogP contribution in [0.3, 0.4) is 0 Å². The lowest BCUT2D eigenvalue weighted by atomic mass is 9.86. The monoisotopic (exact) mass is 523 g/mol. The molecule has 5 rings (SSSR count). The van der Waals surface area contributed by atoms with Gasteiger partial charge in [0.2, 0.25) is 5.76 Å². The van der Waals surface area contributed by atoms with Crippen LogP contribution in [0.5, 0.6) is 0 Å². The van der Waals surface area contributed by atoms with E-state index in [1.165, 1.54) is 0 Å². The number of carbonyl (C=O) groups is 2. The van der Waals surface area contributed by atoms with Crippen LogP contribution in [-0.4, -0.2) is 18.5 Å². The summed E-state index contributed by atoms with van der Waals surface area (Å²) in [7, 11) is 0. The Morgan fingerprint density at radius 1 is 0.974 bits per heavy atom. The van der Waals surface area contributed by atoms with E-state index in [0.717, 1.165) is 29.5 Å². The summed E-state index contributed by atoms with van der Waals surface area (Å²) in [5, 5.41) is 0.449. The number of hydrogen-bond donors (Lipinski definition) is 0. The molecule has 6 nitrogen and oxygen atoms in total. The number of carbonyl (C=O) groups excluding carboxylic acids is 2. The quantitative estimate of drug-likeness (QED) is 0.199.